The molecule has 0 unspecified atom stereocenters. The molecule has 2 aromatic rings. The molecule has 0 atom stereocenters. The molecule has 7 heteroatoms. The Morgan fingerprint density at radius 1 is 1.27 bits per heavy atom. The number of alkyl halides is 3. The van der Waals surface area contributed by atoms with Crippen LogP contribution in [-0.4, -0.2) is 16.1 Å². The molecule has 4 nitrogen and oxygen atoms in total. The van der Waals surface area contributed by atoms with Crippen LogP contribution in [0.2, 0.25) is 0 Å². The number of hydrogen-bond donors (Lipinski definition) is 1. The molecule has 0 aliphatic carbocycles. The molecule has 0 saturated heterocycles. The van der Waals surface area contributed by atoms with Crippen LogP contribution in [0.5, 0.6) is 11.6 Å². The van der Waals surface area contributed by atoms with Crippen LogP contribution in [0.3, 0.4) is 0 Å². The van der Waals surface area contributed by atoms with Crippen LogP contribution in [0.4, 0.5) is 13.2 Å². The molecular weight excluding hydrogens is 299 g/mol. The number of pyridine rings is 1. The second-order valence-electron chi connectivity index (χ2n) is 4.41. The zero-order valence-electron chi connectivity index (χ0n) is 11.5. The van der Waals surface area contributed by atoms with Crippen molar-refractivity contribution in [1.29, 1.82) is 0 Å². The summed E-state index contributed by atoms with van der Waals surface area (Å²) in [7, 11) is 0. The molecule has 1 aromatic heterocycles. The van der Waals surface area contributed by atoms with Crippen molar-refractivity contribution in [2.45, 2.75) is 19.5 Å². The molecular formula is C15H12F3NO3. The van der Waals surface area contributed by atoms with Crippen LogP contribution >= 0.6 is 0 Å². The number of carboxylic acids is 1. The summed E-state index contributed by atoms with van der Waals surface area (Å²) in [6, 6.07) is 8.70. The largest absolute Gasteiger partial charge is 0.477 e. The maximum absolute atomic E-state index is 13.0. The fourth-order valence-electron chi connectivity index (χ4n) is 1.88. The summed E-state index contributed by atoms with van der Waals surface area (Å²) in [5.41, 5.74) is -1.95. The molecule has 116 valence electrons. The van der Waals surface area contributed by atoms with Crippen molar-refractivity contribution >= 4 is 5.97 Å². The van der Waals surface area contributed by atoms with E-state index in [2.05, 4.69) is 4.98 Å². The minimum atomic E-state index is -4.67. The summed E-state index contributed by atoms with van der Waals surface area (Å²) < 4.78 is 44.2. The smallest absolute Gasteiger partial charge is 0.418 e. The lowest BCUT2D eigenvalue weighted by Gasteiger charge is -2.15. The number of aryl methyl sites for hydroxylation is 1. The zero-order chi connectivity index (χ0) is 16.3. The Morgan fingerprint density at radius 3 is 2.41 bits per heavy atom. The van der Waals surface area contributed by atoms with Gasteiger partial charge in [-0.1, -0.05) is 25.1 Å². The first-order valence-electron chi connectivity index (χ1n) is 6.40. The monoisotopic (exact) mass is 311 g/mol. The second kappa shape index (κ2) is 6.05. The number of carboxylic acid groups (broad SMARTS) is 1. The molecule has 0 spiro atoms. The molecule has 0 saturated carbocycles. The molecule has 0 amide bonds. The SMILES string of the molecule is CCc1nc(Oc2ccccc2)c(C(=O)O)cc1C(F)(F)F. The van der Waals surface area contributed by atoms with Crippen molar-refractivity contribution in [3.63, 3.8) is 0 Å². The summed E-state index contributed by atoms with van der Waals surface area (Å²) in [6.45, 7) is 1.50. The zero-order valence-corrected chi connectivity index (χ0v) is 11.5. The quantitative estimate of drug-likeness (QED) is 0.921. The molecule has 22 heavy (non-hydrogen) atoms. The third-order valence-corrected chi connectivity index (χ3v) is 2.89. The van der Waals surface area contributed by atoms with Gasteiger partial charge in [0.15, 0.2) is 0 Å². The average Bonchev–Trinajstić information content (AvgIpc) is 2.46. The minimum absolute atomic E-state index is 0.000107. The van der Waals surface area contributed by atoms with E-state index >= 15 is 0 Å². The molecule has 0 fully saturated rings. The molecule has 1 heterocycles. The molecule has 0 radical (unpaired) electrons. The summed E-state index contributed by atoms with van der Waals surface area (Å²) >= 11 is 0. The number of ether oxygens (including phenoxy) is 1. The first-order chi connectivity index (χ1) is 10.3. The number of benzene rings is 1. The van der Waals surface area contributed by atoms with Crippen molar-refractivity contribution in [3.05, 3.63) is 53.2 Å². The van der Waals surface area contributed by atoms with Crippen LogP contribution in [0, 0.1) is 0 Å². The molecule has 1 N–H and O–H groups in total. The molecule has 0 bridgehead atoms. The van der Waals surface area contributed by atoms with Crippen molar-refractivity contribution in [1.82, 2.24) is 4.98 Å². The lowest BCUT2D eigenvalue weighted by Crippen LogP contribution is -2.14. The highest BCUT2D eigenvalue weighted by atomic mass is 19.4. The van der Waals surface area contributed by atoms with E-state index in [4.69, 9.17) is 9.84 Å². The molecule has 1 aromatic carbocycles. The van der Waals surface area contributed by atoms with Gasteiger partial charge in [-0.05, 0) is 24.6 Å². The van der Waals surface area contributed by atoms with Crippen LogP contribution in [-0.2, 0) is 12.6 Å². The van der Waals surface area contributed by atoms with Crippen LogP contribution < -0.4 is 4.74 Å². The fourth-order valence-corrected chi connectivity index (χ4v) is 1.88. The van der Waals surface area contributed by atoms with E-state index in [1.807, 2.05) is 0 Å². The van der Waals surface area contributed by atoms with E-state index in [0.717, 1.165) is 0 Å². The van der Waals surface area contributed by atoms with Gasteiger partial charge in [-0.25, -0.2) is 9.78 Å². The number of halogens is 3. The maximum Gasteiger partial charge on any atom is 0.418 e. The maximum atomic E-state index is 13.0. The Hall–Kier alpha value is -2.57. The number of hydrogen-bond acceptors (Lipinski definition) is 3. The van der Waals surface area contributed by atoms with E-state index < -0.39 is 23.3 Å². The summed E-state index contributed by atoms with van der Waals surface area (Å²) in [5, 5.41) is 9.11. The van der Waals surface area contributed by atoms with Gasteiger partial charge >= 0.3 is 12.1 Å². The van der Waals surface area contributed by atoms with Gasteiger partial charge in [0, 0.05) is 0 Å². The van der Waals surface area contributed by atoms with E-state index in [-0.39, 0.29) is 18.0 Å². The Bertz CT molecular complexity index is 684. The third kappa shape index (κ3) is 3.36. The third-order valence-electron chi connectivity index (χ3n) is 2.89. The number of aromatic nitrogens is 1. The predicted octanol–water partition coefficient (Wildman–Crippen LogP) is 4.15. The highest BCUT2D eigenvalue weighted by molar-refractivity contribution is 5.90. The van der Waals surface area contributed by atoms with Gasteiger partial charge in [0.1, 0.15) is 11.3 Å². The molecule has 2 rings (SSSR count). The van der Waals surface area contributed by atoms with Crippen LogP contribution in [0.25, 0.3) is 0 Å². The number of aromatic carboxylic acids is 1. The van der Waals surface area contributed by atoms with Crippen molar-refractivity contribution < 1.29 is 27.8 Å². The number of rotatable bonds is 4. The van der Waals surface area contributed by atoms with Crippen molar-refractivity contribution in [3.8, 4) is 11.6 Å². The summed E-state index contributed by atoms with van der Waals surface area (Å²) in [4.78, 5) is 15.0. The highest BCUT2D eigenvalue weighted by Crippen LogP contribution is 2.35. The van der Waals surface area contributed by atoms with Crippen LogP contribution in [0.15, 0.2) is 36.4 Å². The van der Waals surface area contributed by atoms with E-state index in [9.17, 15) is 18.0 Å². The normalized spacial score (nSPS) is 11.3. The van der Waals surface area contributed by atoms with Crippen LogP contribution in [0.1, 0.15) is 28.5 Å². The van der Waals surface area contributed by atoms with Gasteiger partial charge in [-0.15, -0.1) is 0 Å². The van der Waals surface area contributed by atoms with Gasteiger partial charge in [0.2, 0.25) is 5.88 Å². The van der Waals surface area contributed by atoms with Crippen molar-refractivity contribution in [2.24, 2.45) is 0 Å². The van der Waals surface area contributed by atoms with Crippen molar-refractivity contribution in [2.75, 3.05) is 0 Å². The minimum Gasteiger partial charge on any atom is -0.477 e. The lowest BCUT2D eigenvalue weighted by molar-refractivity contribution is -0.138. The predicted molar refractivity (Wildman–Crippen MR) is 72.1 cm³/mol. The first-order valence-corrected chi connectivity index (χ1v) is 6.40. The fraction of sp³-hybridized carbons (Fsp3) is 0.200. The Labute approximate surface area is 124 Å². The van der Waals surface area contributed by atoms with Gasteiger partial charge in [0.25, 0.3) is 0 Å². The lowest BCUT2D eigenvalue weighted by atomic mass is 10.1. The Balaban J connectivity index is 2.55. The first kappa shape index (κ1) is 15.8. The summed E-state index contributed by atoms with van der Waals surface area (Å²) in [6.07, 6.45) is -4.67. The summed E-state index contributed by atoms with van der Waals surface area (Å²) in [5.74, 6) is -1.60. The standard InChI is InChI=1S/C15H12F3NO3/c1-2-12-11(15(16,17)18)8-10(14(20)21)13(19-12)22-9-6-4-3-5-7-9/h3-8H,2H2,1H3,(H,20,21). The molecule has 0 aliphatic rings. The average molecular weight is 311 g/mol. The van der Waals surface area contributed by atoms with E-state index in [1.165, 1.54) is 6.92 Å². The van der Waals surface area contributed by atoms with Gasteiger partial charge < -0.3 is 9.84 Å². The second-order valence-corrected chi connectivity index (χ2v) is 4.41. The van der Waals surface area contributed by atoms with Gasteiger partial charge in [-0.3, -0.25) is 0 Å². The topological polar surface area (TPSA) is 59.4 Å². The highest BCUT2D eigenvalue weighted by Gasteiger charge is 2.36. The number of carbonyl (C=O) groups is 1. The number of nitrogens with zero attached hydrogens (tertiary/aromatic N) is 1. The molecule has 0 aliphatic heterocycles. The van der Waals surface area contributed by atoms with E-state index in [1.54, 1.807) is 30.3 Å². The van der Waals surface area contributed by atoms with Gasteiger partial charge in [0.05, 0.1) is 11.3 Å². The van der Waals surface area contributed by atoms with Gasteiger partial charge in [-0.2, -0.15) is 13.2 Å². The Kier molecular flexibility index (Phi) is 4.35. The van der Waals surface area contributed by atoms with E-state index in [0.29, 0.717) is 11.8 Å². The number of para-hydroxylation sites is 1. The Morgan fingerprint density at radius 2 is 1.91 bits per heavy atom.